The number of hydrogen-bond donors (Lipinski definition) is 1. The molecule has 0 spiro atoms. The molecule has 1 saturated heterocycles. The van der Waals surface area contributed by atoms with Crippen LogP contribution in [0.25, 0.3) is 0 Å². The molecule has 0 unspecified atom stereocenters. The van der Waals surface area contributed by atoms with E-state index in [0.717, 1.165) is 0 Å². The van der Waals surface area contributed by atoms with Gasteiger partial charge in [0, 0.05) is 0 Å². The summed E-state index contributed by atoms with van der Waals surface area (Å²) in [6, 6.07) is 0. The minimum Gasteiger partial charge on any atom is -0.347 e. The van der Waals surface area contributed by atoms with Gasteiger partial charge in [-0.2, -0.15) is 0 Å². The van der Waals surface area contributed by atoms with Gasteiger partial charge in [-0.1, -0.05) is 0 Å². The minimum atomic E-state index is -0.709. The molecule has 0 amide bonds. The van der Waals surface area contributed by atoms with Crippen LogP contribution in [0.15, 0.2) is 0 Å². The van der Waals surface area contributed by atoms with Crippen molar-refractivity contribution in [3.8, 4) is 0 Å². The quantitative estimate of drug-likeness (QED) is 0.604. The van der Waals surface area contributed by atoms with Crippen molar-refractivity contribution >= 4 is 17.7 Å². The lowest BCUT2D eigenvalue weighted by atomic mass is 10.2. The van der Waals surface area contributed by atoms with Crippen molar-refractivity contribution in [1.82, 2.24) is 0 Å². The van der Waals surface area contributed by atoms with E-state index in [1.807, 2.05) is 0 Å². The van der Waals surface area contributed by atoms with Gasteiger partial charge in [-0.3, -0.25) is 4.79 Å². The molecular formula is C6H10O3S. The molecule has 0 saturated carbocycles. The highest BCUT2D eigenvalue weighted by atomic mass is 32.1. The Kier molecular flexibility index (Phi) is 2.33. The predicted octanol–water partition coefficient (Wildman–Crippen LogP) is 0.596. The molecule has 1 aliphatic heterocycles. The maximum Gasteiger partial charge on any atom is 0.191 e. The number of carbonyl (C=O) groups excluding carboxylic acids is 1. The fourth-order valence-corrected chi connectivity index (χ4v) is 1.22. The summed E-state index contributed by atoms with van der Waals surface area (Å²) in [5.41, 5.74) is 0. The summed E-state index contributed by atoms with van der Waals surface area (Å²) < 4.78 is 10.3. The molecule has 1 rings (SSSR count). The molecule has 0 radical (unpaired) electrons. The highest BCUT2D eigenvalue weighted by Gasteiger charge is 2.32. The Labute approximate surface area is 65.1 Å². The smallest absolute Gasteiger partial charge is 0.191 e. The molecule has 58 valence electrons. The van der Waals surface area contributed by atoms with Crippen LogP contribution in [0, 0.1) is 0 Å². The zero-order chi connectivity index (χ0) is 7.61. The first-order valence-electron chi connectivity index (χ1n) is 3.12. The Balaban J connectivity index is 2.43. The average molecular weight is 162 g/mol. The van der Waals surface area contributed by atoms with Crippen molar-refractivity contribution in [3.63, 3.8) is 0 Å². The second kappa shape index (κ2) is 2.90. The molecule has 0 aromatic heterocycles. The number of rotatable bonds is 2. The van der Waals surface area contributed by atoms with Crippen LogP contribution in [0.5, 0.6) is 0 Å². The molecule has 10 heavy (non-hydrogen) atoms. The van der Waals surface area contributed by atoms with E-state index in [0.29, 0.717) is 13.2 Å². The number of hydrogen-bond acceptors (Lipinski definition) is 3. The molecule has 0 N–H and O–H groups in total. The number of ether oxygens (including phenoxy) is 2. The van der Waals surface area contributed by atoms with E-state index in [1.54, 1.807) is 6.92 Å². The summed E-state index contributed by atoms with van der Waals surface area (Å²) in [4.78, 5) is 10.5. The van der Waals surface area contributed by atoms with Gasteiger partial charge in [-0.15, -0.1) is 12.6 Å². The van der Waals surface area contributed by atoms with Crippen LogP contribution in [0.1, 0.15) is 13.3 Å². The van der Waals surface area contributed by atoms with Crippen LogP contribution < -0.4 is 0 Å². The van der Waals surface area contributed by atoms with Gasteiger partial charge in [-0.05, 0) is 6.92 Å². The van der Waals surface area contributed by atoms with E-state index in [2.05, 4.69) is 12.6 Å². The third-order valence-electron chi connectivity index (χ3n) is 1.37. The summed E-state index contributed by atoms with van der Waals surface area (Å²) in [6.45, 7) is 2.88. The Bertz CT molecular complexity index is 140. The van der Waals surface area contributed by atoms with Crippen LogP contribution >= 0.6 is 12.6 Å². The fraction of sp³-hybridized carbons (Fsp3) is 0.833. The maximum absolute atomic E-state index is 10.5. The molecule has 0 aromatic rings. The van der Waals surface area contributed by atoms with Crippen molar-refractivity contribution in [1.29, 1.82) is 0 Å². The van der Waals surface area contributed by atoms with E-state index in [-0.39, 0.29) is 11.5 Å². The molecule has 0 aliphatic carbocycles. The second-order valence-electron chi connectivity index (χ2n) is 2.40. The van der Waals surface area contributed by atoms with Crippen LogP contribution in [-0.2, 0) is 14.3 Å². The lowest BCUT2D eigenvalue weighted by Gasteiger charge is -2.19. The molecule has 1 fully saturated rings. The molecule has 0 bridgehead atoms. The van der Waals surface area contributed by atoms with E-state index < -0.39 is 5.79 Å². The van der Waals surface area contributed by atoms with Crippen molar-refractivity contribution in [2.45, 2.75) is 19.1 Å². The van der Waals surface area contributed by atoms with Crippen LogP contribution in [0.4, 0.5) is 0 Å². The second-order valence-corrected chi connectivity index (χ2v) is 2.90. The normalized spacial score (nSPS) is 23.0. The van der Waals surface area contributed by atoms with E-state index in [4.69, 9.17) is 9.47 Å². The predicted molar refractivity (Wildman–Crippen MR) is 38.9 cm³/mol. The van der Waals surface area contributed by atoms with Gasteiger partial charge in [0.25, 0.3) is 0 Å². The first-order chi connectivity index (χ1) is 4.62. The first kappa shape index (κ1) is 8.04. The Hall–Kier alpha value is -0.0600. The van der Waals surface area contributed by atoms with Crippen LogP contribution in [0.2, 0.25) is 0 Å². The largest absolute Gasteiger partial charge is 0.347 e. The Morgan fingerprint density at radius 3 is 2.50 bits per heavy atom. The van der Waals surface area contributed by atoms with Gasteiger partial charge in [0.2, 0.25) is 0 Å². The molecule has 0 atom stereocenters. The minimum absolute atomic E-state index is 0.204. The lowest BCUT2D eigenvalue weighted by molar-refractivity contribution is -0.153. The maximum atomic E-state index is 10.5. The molecule has 1 heterocycles. The van der Waals surface area contributed by atoms with Gasteiger partial charge >= 0.3 is 0 Å². The highest BCUT2D eigenvalue weighted by molar-refractivity contribution is 7.96. The van der Waals surface area contributed by atoms with Gasteiger partial charge in [0.15, 0.2) is 10.9 Å². The SMILES string of the molecule is CC1(CC(=O)S)OCCO1. The van der Waals surface area contributed by atoms with E-state index in [1.165, 1.54) is 0 Å². The van der Waals surface area contributed by atoms with Gasteiger partial charge in [0.05, 0.1) is 19.6 Å². The van der Waals surface area contributed by atoms with Crippen molar-refractivity contribution < 1.29 is 14.3 Å². The van der Waals surface area contributed by atoms with Crippen molar-refractivity contribution in [2.75, 3.05) is 13.2 Å². The van der Waals surface area contributed by atoms with Crippen LogP contribution in [0.3, 0.4) is 0 Å². The summed E-state index contributed by atoms with van der Waals surface area (Å²) in [5, 5.41) is -0.204. The fourth-order valence-electron chi connectivity index (χ4n) is 0.934. The van der Waals surface area contributed by atoms with Crippen molar-refractivity contribution in [2.24, 2.45) is 0 Å². The topological polar surface area (TPSA) is 35.5 Å². The molecule has 4 heteroatoms. The molecular weight excluding hydrogens is 152 g/mol. The third kappa shape index (κ3) is 1.97. The molecule has 3 nitrogen and oxygen atoms in total. The lowest BCUT2D eigenvalue weighted by Crippen LogP contribution is -2.27. The van der Waals surface area contributed by atoms with Gasteiger partial charge in [0.1, 0.15) is 0 Å². The Morgan fingerprint density at radius 1 is 1.60 bits per heavy atom. The van der Waals surface area contributed by atoms with Gasteiger partial charge in [-0.25, -0.2) is 0 Å². The van der Waals surface area contributed by atoms with Gasteiger partial charge < -0.3 is 9.47 Å². The van der Waals surface area contributed by atoms with E-state index in [9.17, 15) is 4.79 Å². The Morgan fingerprint density at radius 2 is 2.10 bits per heavy atom. The van der Waals surface area contributed by atoms with Crippen molar-refractivity contribution in [3.05, 3.63) is 0 Å². The zero-order valence-electron chi connectivity index (χ0n) is 5.79. The van der Waals surface area contributed by atoms with Crippen LogP contribution in [-0.4, -0.2) is 24.1 Å². The summed E-state index contributed by atoms with van der Waals surface area (Å²) in [6.07, 6.45) is 0.218. The zero-order valence-corrected chi connectivity index (χ0v) is 6.69. The number of carbonyl (C=O) groups is 1. The van der Waals surface area contributed by atoms with E-state index >= 15 is 0 Å². The summed E-state index contributed by atoms with van der Waals surface area (Å²) >= 11 is 3.63. The standard InChI is InChI=1S/C6H10O3S/c1-6(4-5(7)10)8-2-3-9-6/h2-4H2,1H3,(H,7,10). The molecule has 1 aliphatic rings. The first-order valence-corrected chi connectivity index (χ1v) is 3.57. The summed E-state index contributed by atoms with van der Waals surface area (Å²) in [5.74, 6) is -0.709. The third-order valence-corrected chi connectivity index (χ3v) is 1.53. The molecule has 0 aromatic carbocycles. The number of thiol groups is 1. The monoisotopic (exact) mass is 162 g/mol. The highest BCUT2D eigenvalue weighted by Crippen LogP contribution is 2.22. The average Bonchev–Trinajstić information content (AvgIpc) is 2.12. The summed E-state index contributed by atoms with van der Waals surface area (Å²) in [7, 11) is 0.